The third-order valence-electron chi connectivity index (χ3n) is 6.97. The standard InChI is InChI=1S/C25H31NO5S/c1-18(2)25-15-14-24(4,31-25)22(16-25)30-23(27)26(17-20-8-6-5-7-9-20)32(28,29)21-12-10-19(3)11-13-21/h5-13,18,22H,14-17H2,1-4H3/t22-,24-,25+/m0/s1. The lowest BCUT2D eigenvalue weighted by atomic mass is 9.75. The summed E-state index contributed by atoms with van der Waals surface area (Å²) < 4.78 is 40.0. The van der Waals surface area contributed by atoms with Gasteiger partial charge in [-0.2, -0.15) is 4.31 Å². The molecule has 2 fully saturated rings. The largest absolute Gasteiger partial charge is 0.442 e. The number of nitrogens with zero attached hydrogens (tertiary/aromatic N) is 1. The fourth-order valence-corrected chi connectivity index (χ4v) is 6.04. The summed E-state index contributed by atoms with van der Waals surface area (Å²) in [6.07, 6.45) is 0.932. The summed E-state index contributed by atoms with van der Waals surface area (Å²) in [5.41, 5.74) is 0.729. The summed E-state index contributed by atoms with van der Waals surface area (Å²) in [5.74, 6) is 0.282. The highest BCUT2D eigenvalue weighted by molar-refractivity contribution is 7.89. The van der Waals surface area contributed by atoms with E-state index in [9.17, 15) is 13.2 Å². The lowest BCUT2D eigenvalue weighted by molar-refractivity contribution is -0.0827. The van der Waals surface area contributed by atoms with Crippen LogP contribution in [-0.2, 0) is 26.0 Å². The first-order valence-corrected chi connectivity index (χ1v) is 12.5. The molecule has 7 heteroatoms. The molecular formula is C25H31NO5S. The number of carbonyl (C=O) groups excluding carboxylic acids is 1. The Labute approximate surface area is 190 Å². The van der Waals surface area contributed by atoms with Gasteiger partial charge in [0, 0.05) is 6.42 Å². The number of amides is 1. The summed E-state index contributed by atoms with van der Waals surface area (Å²) in [6, 6.07) is 15.5. The van der Waals surface area contributed by atoms with E-state index in [-0.39, 0.29) is 23.0 Å². The molecule has 2 bridgehead atoms. The smallest absolute Gasteiger partial charge is 0.424 e. The van der Waals surface area contributed by atoms with Gasteiger partial charge in [0.1, 0.15) is 11.7 Å². The first-order chi connectivity index (χ1) is 15.1. The molecule has 2 aliphatic heterocycles. The maximum absolute atomic E-state index is 13.5. The van der Waals surface area contributed by atoms with Crippen molar-refractivity contribution in [2.24, 2.45) is 5.92 Å². The SMILES string of the molecule is Cc1ccc(S(=O)(=O)N(Cc2ccccc2)C(=O)O[C@H]2C[C@@]3(C(C)C)CC[C@]2(C)O3)cc1. The molecule has 2 heterocycles. The molecule has 32 heavy (non-hydrogen) atoms. The van der Waals surface area contributed by atoms with E-state index in [1.807, 2.05) is 32.0 Å². The average Bonchev–Trinajstić information content (AvgIpc) is 3.25. The van der Waals surface area contributed by atoms with Gasteiger partial charge in [-0.15, -0.1) is 0 Å². The minimum atomic E-state index is -4.10. The minimum absolute atomic E-state index is 0.0602. The summed E-state index contributed by atoms with van der Waals surface area (Å²) in [4.78, 5) is 13.4. The maximum Gasteiger partial charge on any atom is 0.424 e. The van der Waals surface area contributed by atoms with Gasteiger partial charge in [-0.3, -0.25) is 0 Å². The van der Waals surface area contributed by atoms with Crippen LogP contribution < -0.4 is 0 Å². The second-order valence-corrected chi connectivity index (χ2v) is 11.4. The quantitative estimate of drug-likeness (QED) is 0.606. The van der Waals surface area contributed by atoms with Gasteiger partial charge in [-0.1, -0.05) is 61.9 Å². The van der Waals surface area contributed by atoms with Crippen molar-refractivity contribution >= 4 is 16.1 Å². The van der Waals surface area contributed by atoms with E-state index in [4.69, 9.17) is 9.47 Å². The molecule has 2 saturated heterocycles. The zero-order valence-corrected chi connectivity index (χ0v) is 19.9. The predicted molar refractivity (Wildman–Crippen MR) is 122 cm³/mol. The summed E-state index contributed by atoms with van der Waals surface area (Å²) in [7, 11) is -4.10. The Bertz CT molecular complexity index is 1080. The van der Waals surface area contributed by atoms with Crippen molar-refractivity contribution in [3.8, 4) is 0 Å². The lowest BCUT2D eigenvalue weighted by Crippen LogP contribution is -2.44. The van der Waals surface area contributed by atoms with Crippen molar-refractivity contribution < 1.29 is 22.7 Å². The van der Waals surface area contributed by atoms with Crippen LogP contribution in [0.5, 0.6) is 0 Å². The number of fused-ring (bicyclic) bond motifs is 2. The molecule has 2 aromatic carbocycles. The molecule has 6 nitrogen and oxygen atoms in total. The van der Waals surface area contributed by atoms with Crippen LogP contribution in [-0.4, -0.2) is 36.1 Å². The van der Waals surface area contributed by atoms with Crippen molar-refractivity contribution in [1.29, 1.82) is 0 Å². The molecular weight excluding hydrogens is 426 g/mol. The Balaban J connectivity index is 1.63. The van der Waals surface area contributed by atoms with Gasteiger partial charge < -0.3 is 9.47 Å². The Morgan fingerprint density at radius 3 is 2.38 bits per heavy atom. The summed E-state index contributed by atoms with van der Waals surface area (Å²) in [5, 5.41) is 0. The molecule has 2 aromatic rings. The number of sulfonamides is 1. The highest BCUT2D eigenvalue weighted by atomic mass is 32.2. The van der Waals surface area contributed by atoms with Crippen LogP contribution in [0, 0.1) is 12.8 Å². The van der Waals surface area contributed by atoms with Gasteiger partial charge in [0.25, 0.3) is 10.0 Å². The van der Waals surface area contributed by atoms with Crippen molar-refractivity contribution in [3.63, 3.8) is 0 Å². The van der Waals surface area contributed by atoms with Gasteiger partial charge in [0.05, 0.1) is 17.0 Å². The molecule has 0 aromatic heterocycles. The van der Waals surface area contributed by atoms with E-state index >= 15 is 0 Å². The average molecular weight is 458 g/mol. The number of aryl methyl sites for hydroxylation is 1. The van der Waals surface area contributed by atoms with Crippen LogP contribution in [0.15, 0.2) is 59.5 Å². The van der Waals surface area contributed by atoms with Crippen LogP contribution >= 0.6 is 0 Å². The van der Waals surface area contributed by atoms with Crippen molar-refractivity contribution in [2.45, 2.75) is 75.7 Å². The summed E-state index contributed by atoms with van der Waals surface area (Å²) >= 11 is 0. The molecule has 172 valence electrons. The van der Waals surface area contributed by atoms with Gasteiger partial charge in [0.2, 0.25) is 0 Å². The Hall–Kier alpha value is -2.38. The van der Waals surface area contributed by atoms with Crippen LogP contribution in [0.1, 0.15) is 51.2 Å². The molecule has 0 saturated carbocycles. The third kappa shape index (κ3) is 4.04. The normalized spacial score (nSPS) is 27.0. The molecule has 0 aliphatic carbocycles. The first-order valence-electron chi connectivity index (χ1n) is 11.1. The molecule has 2 aliphatic rings. The van der Waals surface area contributed by atoms with Gasteiger partial charge in [-0.25, -0.2) is 13.2 Å². The van der Waals surface area contributed by atoms with Gasteiger partial charge >= 0.3 is 6.09 Å². The van der Waals surface area contributed by atoms with Crippen molar-refractivity contribution in [2.75, 3.05) is 0 Å². The first kappa shape index (κ1) is 22.8. The predicted octanol–water partition coefficient (Wildman–Crippen LogP) is 5.06. The van der Waals surface area contributed by atoms with E-state index in [1.165, 1.54) is 12.1 Å². The number of hydrogen-bond donors (Lipinski definition) is 0. The van der Waals surface area contributed by atoms with Crippen LogP contribution in [0.3, 0.4) is 0 Å². The third-order valence-corrected chi connectivity index (χ3v) is 8.70. The molecule has 4 rings (SSSR count). The Morgan fingerprint density at radius 2 is 1.78 bits per heavy atom. The van der Waals surface area contributed by atoms with Crippen LogP contribution in [0.2, 0.25) is 0 Å². The zero-order valence-electron chi connectivity index (χ0n) is 19.1. The Morgan fingerprint density at radius 1 is 1.12 bits per heavy atom. The number of hydrogen-bond acceptors (Lipinski definition) is 5. The number of rotatable bonds is 6. The van der Waals surface area contributed by atoms with E-state index in [0.29, 0.717) is 12.0 Å². The second kappa shape index (κ2) is 8.19. The van der Waals surface area contributed by atoms with E-state index in [1.54, 1.807) is 24.3 Å². The highest BCUT2D eigenvalue weighted by Crippen LogP contribution is 2.55. The van der Waals surface area contributed by atoms with Crippen LogP contribution in [0.25, 0.3) is 0 Å². The number of ether oxygens (including phenoxy) is 2. The van der Waals surface area contributed by atoms with Crippen molar-refractivity contribution in [1.82, 2.24) is 4.31 Å². The van der Waals surface area contributed by atoms with Crippen LogP contribution in [0.4, 0.5) is 4.79 Å². The van der Waals surface area contributed by atoms with E-state index < -0.39 is 27.8 Å². The fourth-order valence-electron chi connectivity index (χ4n) is 4.75. The zero-order chi connectivity index (χ0) is 23.1. The van der Waals surface area contributed by atoms with E-state index in [0.717, 1.165) is 22.7 Å². The molecule has 0 unspecified atom stereocenters. The molecule has 0 spiro atoms. The molecule has 3 atom stereocenters. The second-order valence-electron chi connectivity index (χ2n) is 9.52. The van der Waals surface area contributed by atoms with E-state index in [2.05, 4.69) is 13.8 Å². The lowest BCUT2D eigenvalue weighted by Gasteiger charge is -2.32. The minimum Gasteiger partial charge on any atom is -0.442 e. The Kier molecular flexibility index (Phi) is 5.84. The van der Waals surface area contributed by atoms with Crippen molar-refractivity contribution in [3.05, 3.63) is 65.7 Å². The molecule has 0 N–H and O–H groups in total. The van der Waals surface area contributed by atoms with Gasteiger partial charge in [-0.05, 0) is 50.3 Å². The number of carbonyl (C=O) groups is 1. The highest BCUT2D eigenvalue weighted by Gasteiger charge is 2.62. The topological polar surface area (TPSA) is 72.9 Å². The van der Waals surface area contributed by atoms with Gasteiger partial charge in [0.15, 0.2) is 0 Å². The summed E-state index contributed by atoms with van der Waals surface area (Å²) in [6.45, 7) is 7.96. The monoisotopic (exact) mass is 457 g/mol. The fraction of sp³-hybridized carbons (Fsp3) is 0.480. The maximum atomic E-state index is 13.5. The number of benzene rings is 2. The molecule has 0 radical (unpaired) electrons. The molecule has 1 amide bonds.